The van der Waals surface area contributed by atoms with Crippen LogP contribution in [0.25, 0.3) is 0 Å². The van der Waals surface area contributed by atoms with Gasteiger partial charge in [-0.15, -0.1) is 0 Å². The van der Waals surface area contributed by atoms with Crippen LogP contribution in [-0.2, 0) is 14.3 Å². The smallest absolute Gasteiger partial charge is 0.227 e. The monoisotopic (exact) mass is 258 g/mol. The molecule has 0 bridgehead atoms. The molecule has 5 heteroatoms. The second kappa shape index (κ2) is 7.71. The summed E-state index contributed by atoms with van der Waals surface area (Å²) in [6, 6.07) is 0. The van der Waals surface area contributed by atoms with Crippen molar-refractivity contribution in [1.29, 1.82) is 0 Å². The highest BCUT2D eigenvalue weighted by molar-refractivity contribution is 5.83. The maximum Gasteiger partial charge on any atom is 0.227 e. The zero-order valence-corrected chi connectivity index (χ0v) is 11.8. The summed E-state index contributed by atoms with van der Waals surface area (Å²) in [5.74, 6) is 0.500. The Bertz CT molecular complexity index is 251. The molecular formula is C13H26N2O3. The van der Waals surface area contributed by atoms with E-state index in [0.717, 1.165) is 19.5 Å². The zero-order valence-electron chi connectivity index (χ0n) is 11.8. The highest BCUT2D eigenvalue weighted by Crippen LogP contribution is 2.34. The number of rotatable bonds is 8. The van der Waals surface area contributed by atoms with Gasteiger partial charge in [-0.2, -0.15) is 0 Å². The second-order valence-corrected chi connectivity index (χ2v) is 5.10. The van der Waals surface area contributed by atoms with Crippen LogP contribution in [0, 0.1) is 11.3 Å². The molecule has 0 aromatic rings. The summed E-state index contributed by atoms with van der Waals surface area (Å²) in [5.41, 5.74) is -0.244. The van der Waals surface area contributed by atoms with E-state index in [1.54, 1.807) is 7.11 Å². The summed E-state index contributed by atoms with van der Waals surface area (Å²) in [5, 5.41) is 6.26. The van der Waals surface area contributed by atoms with Gasteiger partial charge in [0.05, 0.1) is 25.2 Å². The summed E-state index contributed by atoms with van der Waals surface area (Å²) in [4.78, 5) is 12.3. The Morgan fingerprint density at radius 3 is 2.72 bits per heavy atom. The van der Waals surface area contributed by atoms with Crippen molar-refractivity contribution in [2.45, 2.75) is 20.3 Å². The second-order valence-electron chi connectivity index (χ2n) is 5.10. The molecule has 1 rings (SSSR count). The number of methoxy groups -OCH3 is 1. The molecule has 1 atom stereocenters. The minimum absolute atomic E-state index is 0.151. The van der Waals surface area contributed by atoms with Gasteiger partial charge in [-0.3, -0.25) is 4.79 Å². The standard InChI is InChI=1S/C13H26N2O3/c1-11(2)13(4-5-14-10-13)12(16)15-6-7-18-9-8-17-3/h11,14H,4-10H2,1-3H3,(H,15,16). The van der Waals surface area contributed by atoms with E-state index in [-0.39, 0.29) is 11.3 Å². The minimum Gasteiger partial charge on any atom is -0.382 e. The number of carbonyl (C=O) groups is 1. The van der Waals surface area contributed by atoms with Crippen molar-refractivity contribution in [1.82, 2.24) is 10.6 Å². The number of nitrogens with one attached hydrogen (secondary N) is 2. The third-order valence-corrected chi connectivity index (χ3v) is 3.71. The molecule has 0 aliphatic carbocycles. The Morgan fingerprint density at radius 1 is 1.39 bits per heavy atom. The number of ether oxygens (including phenoxy) is 2. The van der Waals surface area contributed by atoms with Crippen molar-refractivity contribution in [3.63, 3.8) is 0 Å². The molecule has 1 unspecified atom stereocenters. The third kappa shape index (κ3) is 3.93. The molecule has 0 aromatic carbocycles. The molecule has 5 nitrogen and oxygen atoms in total. The van der Waals surface area contributed by atoms with E-state index in [0.29, 0.717) is 32.3 Å². The van der Waals surface area contributed by atoms with E-state index in [1.807, 2.05) is 0 Å². The van der Waals surface area contributed by atoms with Crippen molar-refractivity contribution in [2.75, 3.05) is 46.6 Å². The van der Waals surface area contributed by atoms with E-state index >= 15 is 0 Å². The minimum atomic E-state index is -0.244. The maximum atomic E-state index is 12.3. The van der Waals surface area contributed by atoms with E-state index in [1.165, 1.54) is 0 Å². The first-order valence-electron chi connectivity index (χ1n) is 6.69. The molecule has 0 radical (unpaired) electrons. The Morgan fingerprint density at radius 2 is 2.17 bits per heavy atom. The van der Waals surface area contributed by atoms with Gasteiger partial charge in [0.2, 0.25) is 5.91 Å². The molecule has 1 heterocycles. The molecule has 0 spiro atoms. The van der Waals surface area contributed by atoms with Gasteiger partial charge >= 0.3 is 0 Å². The van der Waals surface area contributed by atoms with Crippen LogP contribution < -0.4 is 10.6 Å². The van der Waals surface area contributed by atoms with E-state index in [4.69, 9.17) is 9.47 Å². The van der Waals surface area contributed by atoms with Gasteiger partial charge < -0.3 is 20.1 Å². The van der Waals surface area contributed by atoms with Crippen LogP contribution in [0.3, 0.4) is 0 Å². The van der Waals surface area contributed by atoms with Gasteiger partial charge in [0.15, 0.2) is 0 Å². The fourth-order valence-corrected chi connectivity index (χ4v) is 2.32. The normalized spacial score (nSPS) is 23.6. The fraction of sp³-hybridized carbons (Fsp3) is 0.923. The third-order valence-electron chi connectivity index (χ3n) is 3.71. The molecule has 0 aromatic heterocycles. The number of hydrogen-bond acceptors (Lipinski definition) is 4. The largest absolute Gasteiger partial charge is 0.382 e. The molecule has 18 heavy (non-hydrogen) atoms. The van der Waals surface area contributed by atoms with E-state index in [2.05, 4.69) is 24.5 Å². The van der Waals surface area contributed by atoms with Crippen LogP contribution in [0.2, 0.25) is 0 Å². The highest BCUT2D eigenvalue weighted by atomic mass is 16.5. The molecule has 1 aliphatic heterocycles. The number of amides is 1. The van der Waals surface area contributed by atoms with Crippen LogP contribution in [-0.4, -0.2) is 52.5 Å². The van der Waals surface area contributed by atoms with Crippen molar-refractivity contribution in [3.8, 4) is 0 Å². The Balaban J connectivity index is 2.26. The first-order valence-corrected chi connectivity index (χ1v) is 6.69. The topological polar surface area (TPSA) is 59.6 Å². The molecule has 106 valence electrons. The fourth-order valence-electron chi connectivity index (χ4n) is 2.32. The number of hydrogen-bond donors (Lipinski definition) is 2. The quantitative estimate of drug-likeness (QED) is 0.619. The number of carbonyl (C=O) groups excluding carboxylic acids is 1. The lowest BCUT2D eigenvalue weighted by atomic mass is 9.75. The molecule has 1 amide bonds. The first kappa shape index (κ1) is 15.4. The Hall–Kier alpha value is -0.650. The van der Waals surface area contributed by atoms with Gasteiger partial charge in [0.1, 0.15) is 0 Å². The Kier molecular flexibility index (Phi) is 6.60. The van der Waals surface area contributed by atoms with E-state index < -0.39 is 0 Å². The molecule has 0 saturated carbocycles. The van der Waals surface area contributed by atoms with Crippen LogP contribution in [0.1, 0.15) is 20.3 Å². The molecular weight excluding hydrogens is 232 g/mol. The van der Waals surface area contributed by atoms with Gasteiger partial charge in [0, 0.05) is 20.2 Å². The predicted molar refractivity (Wildman–Crippen MR) is 70.5 cm³/mol. The van der Waals surface area contributed by atoms with E-state index in [9.17, 15) is 4.79 Å². The van der Waals surface area contributed by atoms with Crippen LogP contribution in [0.15, 0.2) is 0 Å². The summed E-state index contributed by atoms with van der Waals surface area (Å²) in [6.07, 6.45) is 0.918. The van der Waals surface area contributed by atoms with Gasteiger partial charge in [-0.25, -0.2) is 0 Å². The summed E-state index contributed by atoms with van der Waals surface area (Å²) >= 11 is 0. The lowest BCUT2D eigenvalue weighted by molar-refractivity contribution is -0.132. The van der Waals surface area contributed by atoms with Crippen molar-refractivity contribution < 1.29 is 14.3 Å². The van der Waals surface area contributed by atoms with Gasteiger partial charge in [0.25, 0.3) is 0 Å². The van der Waals surface area contributed by atoms with Crippen LogP contribution >= 0.6 is 0 Å². The summed E-state index contributed by atoms with van der Waals surface area (Å²) < 4.78 is 10.2. The molecule has 1 saturated heterocycles. The molecule has 1 aliphatic rings. The SMILES string of the molecule is COCCOCCNC(=O)C1(C(C)C)CCNC1. The average molecular weight is 258 g/mol. The highest BCUT2D eigenvalue weighted by Gasteiger charge is 2.43. The Labute approximate surface area is 110 Å². The molecule has 1 fully saturated rings. The lowest BCUT2D eigenvalue weighted by Crippen LogP contribution is -2.46. The van der Waals surface area contributed by atoms with Crippen molar-refractivity contribution >= 4 is 5.91 Å². The van der Waals surface area contributed by atoms with Gasteiger partial charge in [-0.1, -0.05) is 13.8 Å². The lowest BCUT2D eigenvalue weighted by Gasteiger charge is -2.31. The predicted octanol–water partition coefficient (Wildman–Crippen LogP) is 0.401. The van der Waals surface area contributed by atoms with Crippen molar-refractivity contribution in [3.05, 3.63) is 0 Å². The summed E-state index contributed by atoms with van der Waals surface area (Å²) in [7, 11) is 1.64. The van der Waals surface area contributed by atoms with Crippen LogP contribution in [0.4, 0.5) is 0 Å². The average Bonchev–Trinajstić information content (AvgIpc) is 2.84. The van der Waals surface area contributed by atoms with Crippen molar-refractivity contribution in [2.24, 2.45) is 11.3 Å². The zero-order chi connectivity index (χ0) is 13.4. The van der Waals surface area contributed by atoms with Gasteiger partial charge in [-0.05, 0) is 18.9 Å². The summed E-state index contributed by atoms with van der Waals surface area (Å²) in [6.45, 7) is 8.20. The first-order chi connectivity index (χ1) is 8.63. The molecule has 2 N–H and O–H groups in total. The van der Waals surface area contributed by atoms with Crippen LogP contribution in [0.5, 0.6) is 0 Å². The maximum absolute atomic E-state index is 12.3.